The van der Waals surface area contributed by atoms with Gasteiger partial charge in [0.2, 0.25) is 0 Å². The predicted octanol–water partition coefficient (Wildman–Crippen LogP) is -1.60. The van der Waals surface area contributed by atoms with Gasteiger partial charge >= 0.3 is 5.97 Å². The van der Waals surface area contributed by atoms with E-state index in [0.29, 0.717) is 12.8 Å². The summed E-state index contributed by atoms with van der Waals surface area (Å²) in [5.41, 5.74) is -1.31. The summed E-state index contributed by atoms with van der Waals surface area (Å²) in [5, 5.41) is 13.1. The molecular formula is C4H8N2O4S. The molecule has 0 aromatic heterocycles. The van der Waals surface area contributed by atoms with Crippen molar-refractivity contribution in [2.45, 2.75) is 18.4 Å². The molecule has 1 aliphatic carbocycles. The number of carboxylic acid groups (broad SMARTS) is 1. The quantitative estimate of drug-likeness (QED) is 0.485. The van der Waals surface area contributed by atoms with E-state index in [1.165, 1.54) is 0 Å². The van der Waals surface area contributed by atoms with Gasteiger partial charge in [-0.3, -0.25) is 4.79 Å². The molecule has 7 heteroatoms. The van der Waals surface area contributed by atoms with Crippen molar-refractivity contribution in [2.24, 2.45) is 5.14 Å². The van der Waals surface area contributed by atoms with Crippen LogP contribution in [0.4, 0.5) is 0 Å². The van der Waals surface area contributed by atoms with E-state index in [-0.39, 0.29) is 0 Å². The third-order valence-electron chi connectivity index (χ3n) is 1.50. The highest BCUT2D eigenvalue weighted by atomic mass is 32.2. The molecule has 0 saturated heterocycles. The molecule has 1 fully saturated rings. The fraction of sp³-hybridized carbons (Fsp3) is 0.750. The number of rotatable bonds is 3. The van der Waals surface area contributed by atoms with Crippen LogP contribution in [0.2, 0.25) is 0 Å². The predicted molar refractivity (Wildman–Crippen MR) is 35.8 cm³/mol. The van der Waals surface area contributed by atoms with Crippen LogP contribution in [0.5, 0.6) is 0 Å². The Kier molecular flexibility index (Phi) is 1.66. The minimum absolute atomic E-state index is 0.304. The van der Waals surface area contributed by atoms with E-state index in [9.17, 15) is 13.2 Å². The highest BCUT2D eigenvalue weighted by Crippen LogP contribution is 2.35. The largest absolute Gasteiger partial charge is 0.480 e. The third kappa shape index (κ3) is 1.88. The lowest BCUT2D eigenvalue weighted by Gasteiger charge is -2.08. The first kappa shape index (κ1) is 8.44. The molecule has 0 radical (unpaired) electrons. The first-order valence-corrected chi connectivity index (χ1v) is 4.45. The molecule has 0 unspecified atom stereocenters. The SMILES string of the molecule is NS(=O)(=O)NC1(C(=O)O)CC1. The average Bonchev–Trinajstić information content (AvgIpc) is 2.43. The molecule has 64 valence electrons. The maximum atomic E-state index is 10.4. The lowest BCUT2D eigenvalue weighted by molar-refractivity contribution is -0.140. The Morgan fingerprint density at radius 2 is 2.00 bits per heavy atom. The number of nitrogens with one attached hydrogen (secondary N) is 1. The van der Waals surface area contributed by atoms with Gasteiger partial charge in [0, 0.05) is 0 Å². The molecule has 0 aromatic carbocycles. The summed E-state index contributed by atoms with van der Waals surface area (Å²) < 4.78 is 22.6. The monoisotopic (exact) mass is 180 g/mol. The van der Waals surface area contributed by atoms with Crippen LogP contribution in [0.3, 0.4) is 0 Å². The van der Waals surface area contributed by atoms with Crippen LogP contribution in [0.1, 0.15) is 12.8 Å². The number of carboxylic acids is 1. The maximum absolute atomic E-state index is 10.4. The van der Waals surface area contributed by atoms with Gasteiger partial charge < -0.3 is 5.11 Å². The summed E-state index contributed by atoms with van der Waals surface area (Å²) in [5.74, 6) is -1.17. The Bertz CT molecular complexity index is 278. The zero-order valence-electron chi connectivity index (χ0n) is 5.57. The molecule has 0 spiro atoms. The van der Waals surface area contributed by atoms with E-state index in [4.69, 9.17) is 5.11 Å². The Balaban J connectivity index is 2.70. The zero-order chi connectivity index (χ0) is 8.70. The van der Waals surface area contributed by atoms with Gasteiger partial charge in [-0.15, -0.1) is 0 Å². The molecule has 0 aromatic rings. The van der Waals surface area contributed by atoms with Gasteiger partial charge in [0.15, 0.2) is 0 Å². The summed E-state index contributed by atoms with van der Waals surface area (Å²) in [6, 6.07) is 0. The van der Waals surface area contributed by atoms with Crippen molar-refractivity contribution in [3.05, 3.63) is 0 Å². The Morgan fingerprint density at radius 3 is 2.09 bits per heavy atom. The Hall–Kier alpha value is -0.660. The second-order valence-corrected chi connectivity index (χ2v) is 3.83. The minimum atomic E-state index is -3.90. The molecule has 0 heterocycles. The van der Waals surface area contributed by atoms with Crippen LogP contribution in [0.25, 0.3) is 0 Å². The summed E-state index contributed by atoms with van der Waals surface area (Å²) in [6.45, 7) is 0. The fourth-order valence-corrected chi connectivity index (χ4v) is 1.59. The zero-order valence-corrected chi connectivity index (χ0v) is 6.39. The molecule has 1 saturated carbocycles. The number of hydrogen-bond acceptors (Lipinski definition) is 3. The molecular weight excluding hydrogens is 172 g/mol. The molecule has 1 aliphatic rings. The van der Waals surface area contributed by atoms with Gasteiger partial charge in [0.25, 0.3) is 10.2 Å². The lowest BCUT2D eigenvalue weighted by atomic mass is 10.3. The smallest absolute Gasteiger partial charge is 0.324 e. The topological polar surface area (TPSA) is 109 Å². The van der Waals surface area contributed by atoms with Crippen molar-refractivity contribution in [3.8, 4) is 0 Å². The van der Waals surface area contributed by atoms with Crippen molar-refractivity contribution in [1.29, 1.82) is 0 Å². The first-order valence-electron chi connectivity index (χ1n) is 2.91. The van der Waals surface area contributed by atoms with Crippen molar-refractivity contribution in [3.63, 3.8) is 0 Å². The van der Waals surface area contributed by atoms with Crippen LogP contribution in [0, 0.1) is 0 Å². The van der Waals surface area contributed by atoms with E-state index in [2.05, 4.69) is 5.14 Å². The third-order valence-corrected chi connectivity index (χ3v) is 2.17. The van der Waals surface area contributed by atoms with E-state index < -0.39 is 21.7 Å². The molecule has 4 N–H and O–H groups in total. The van der Waals surface area contributed by atoms with Crippen molar-refractivity contribution in [1.82, 2.24) is 4.72 Å². The Labute approximate surface area is 63.6 Å². The van der Waals surface area contributed by atoms with E-state index in [1.807, 2.05) is 4.72 Å². The van der Waals surface area contributed by atoms with Gasteiger partial charge in [-0.2, -0.15) is 13.1 Å². The summed E-state index contributed by atoms with van der Waals surface area (Å²) in [6.07, 6.45) is 0.609. The highest BCUT2D eigenvalue weighted by Gasteiger charge is 2.52. The Morgan fingerprint density at radius 1 is 1.55 bits per heavy atom. The highest BCUT2D eigenvalue weighted by molar-refractivity contribution is 7.87. The molecule has 1 rings (SSSR count). The average molecular weight is 180 g/mol. The summed E-state index contributed by atoms with van der Waals surface area (Å²) in [7, 11) is -3.90. The van der Waals surface area contributed by atoms with Crippen molar-refractivity contribution < 1.29 is 18.3 Å². The van der Waals surface area contributed by atoms with Crippen LogP contribution >= 0.6 is 0 Å². The minimum Gasteiger partial charge on any atom is -0.480 e. The summed E-state index contributed by atoms with van der Waals surface area (Å²) in [4.78, 5) is 10.4. The molecule has 0 aliphatic heterocycles. The second-order valence-electron chi connectivity index (χ2n) is 2.53. The normalized spacial score (nSPS) is 21.2. The van der Waals surface area contributed by atoms with Gasteiger partial charge in [0.05, 0.1) is 0 Å². The number of nitrogens with two attached hydrogens (primary N) is 1. The van der Waals surface area contributed by atoms with Gasteiger partial charge in [-0.25, -0.2) is 5.14 Å². The van der Waals surface area contributed by atoms with Gasteiger partial charge in [0.1, 0.15) is 5.54 Å². The summed E-state index contributed by atoms with van der Waals surface area (Å²) >= 11 is 0. The van der Waals surface area contributed by atoms with Crippen LogP contribution in [-0.2, 0) is 15.0 Å². The maximum Gasteiger partial charge on any atom is 0.324 e. The van der Waals surface area contributed by atoms with Gasteiger partial charge in [-0.05, 0) is 12.8 Å². The van der Waals surface area contributed by atoms with E-state index in [1.54, 1.807) is 0 Å². The molecule has 6 nitrogen and oxygen atoms in total. The van der Waals surface area contributed by atoms with E-state index in [0.717, 1.165) is 0 Å². The van der Waals surface area contributed by atoms with Crippen LogP contribution in [-0.4, -0.2) is 25.0 Å². The number of hydrogen-bond donors (Lipinski definition) is 3. The lowest BCUT2D eigenvalue weighted by Crippen LogP contribution is -2.46. The van der Waals surface area contributed by atoms with Gasteiger partial charge in [-0.1, -0.05) is 0 Å². The van der Waals surface area contributed by atoms with Crippen LogP contribution in [0.15, 0.2) is 0 Å². The molecule has 0 bridgehead atoms. The van der Waals surface area contributed by atoms with Crippen molar-refractivity contribution >= 4 is 16.2 Å². The second kappa shape index (κ2) is 2.16. The van der Waals surface area contributed by atoms with Crippen LogP contribution < -0.4 is 9.86 Å². The van der Waals surface area contributed by atoms with Crippen molar-refractivity contribution in [2.75, 3.05) is 0 Å². The first-order chi connectivity index (χ1) is 4.86. The standard InChI is InChI=1S/C4H8N2O4S/c5-11(9,10)6-4(1-2-4)3(7)8/h6H,1-2H2,(H,7,8)(H2,5,9,10). The molecule has 11 heavy (non-hydrogen) atoms. The molecule has 0 amide bonds. The molecule has 0 atom stereocenters. The number of carbonyl (C=O) groups is 1. The fourth-order valence-electron chi connectivity index (χ4n) is 0.757. The number of aliphatic carboxylic acids is 1. The van der Waals surface area contributed by atoms with E-state index >= 15 is 0 Å².